The average Bonchev–Trinajstić information content (AvgIpc) is 2.79. The second-order valence-electron chi connectivity index (χ2n) is 4.01. The zero-order valence-electron chi connectivity index (χ0n) is 10.8. The van der Waals surface area contributed by atoms with Crippen LogP contribution in [0.2, 0.25) is 0 Å². The summed E-state index contributed by atoms with van der Waals surface area (Å²) in [6, 6.07) is 5.54. The molecule has 6 heteroatoms. The van der Waals surface area contributed by atoms with Crippen molar-refractivity contribution in [1.29, 1.82) is 0 Å². The summed E-state index contributed by atoms with van der Waals surface area (Å²) >= 11 is 1.52. The number of thioether (sulfide) groups is 1. The predicted molar refractivity (Wildman–Crippen MR) is 77.0 cm³/mol. The zero-order valence-corrected chi connectivity index (χ0v) is 11.6. The third-order valence-corrected chi connectivity index (χ3v) is 3.40. The van der Waals surface area contributed by atoms with Gasteiger partial charge in [-0.1, -0.05) is 17.8 Å². The SMILES string of the molecule is COC(=O)/C(C)=C/CSc1nc2ccc(N)cc2[nH]1. The highest BCUT2D eigenvalue weighted by molar-refractivity contribution is 7.99. The molecule has 0 saturated carbocycles. The molecule has 1 aromatic carbocycles. The number of nitrogens with two attached hydrogens (primary N) is 1. The van der Waals surface area contributed by atoms with E-state index in [0.717, 1.165) is 16.2 Å². The maximum absolute atomic E-state index is 11.2. The molecule has 0 aliphatic rings. The summed E-state index contributed by atoms with van der Waals surface area (Å²) in [7, 11) is 1.37. The number of ether oxygens (including phenoxy) is 1. The van der Waals surface area contributed by atoms with Crippen molar-refractivity contribution in [2.75, 3.05) is 18.6 Å². The number of nitrogens with one attached hydrogen (secondary N) is 1. The van der Waals surface area contributed by atoms with Crippen molar-refractivity contribution in [3.8, 4) is 0 Å². The fourth-order valence-corrected chi connectivity index (χ4v) is 2.40. The molecule has 1 aromatic heterocycles. The molecule has 0 amide bonds. The Morgan fingerprint density at radius 1 is 1.58 bits per heavy atom. The number of esters is 1. The molecule has 2 rings (SSSR count). The number of nitrogens with zero attached hydrogens (tertiary/aromatic N) is 1. The first-order valence-electron chi connectivity index (χ1n) is 5.73. The van der Waals surface area contributed by atoms with Crippen LogP contribution < -0.4 is 5.73 Å². The van der Waals surface area contributed by atoms with E-state index in [9.17, 15) is 4.79 Å². The molecule has 1 heterocycles. The van der Waals surface area contributed by atoms with Crippen molar-refractivity contribution in [1.82, 2.24) is 9.97 Å². The Hall–Kier alpha value is -1.95. The van der Waals surface area contributed by atoms with Crippen molar-refractivity contribution in [2.24, 2.45) is 0 Å². The number of H-pyrrole nitrogens is 1. The van der Waals surface area contributed by atoms with Crippen LogP contribution in [0.25, 0.3) is 11.0 Å². The highest BCUT2D eigenvalue weighted by Crippen LogP contribution is 2.21. The van der Waals surface area contributed by atoms with Gasteiger partial charge < -0.3 is 15.5 Å². The molecule has 100 valence electrons. The average molecular weight is 277 g/mol. The van der Waals surface area contributed by atoms with Crippen LogP contribution in [0, 0.1) is 0 Å². The monoisotopic (exact) mass is 277 g/mol. The second kappa shape index (κ2) is 5.79. The number of aromatic amines is 1. The van der Waals surface area contributed by atoms with Crippen LogP contribution in [0.3, 0.4) is 0 Å². The van der Waals surface area contributed by atoms with Crippen molar-refractivity contribution >= 4 is 34.5 Å². The lowest BCUT2D eigenvalue weighted by molar-refractivity contribution is -0.136. The predicted octanol–water partition coefficient (Wildman–Crippen LogP) is 2.36. The number of aromatic nitrogens is 2. The van der Waals surface area contributed by atoms with E-state index in [1.807, 2.05) is 24.3 Å². The van der Waals surface area contributed by atoms with Crippen LogP contribution >= 0.6 is 11.8 Å². The first-order valence-corrected chi connectivity index (χ1v) is 6.72. The van der Waals surface area contributed by atoms with E-state index in [0.29, 0.717) is 17.0 Å². The van der Waals surface area contributed by atoms with Crippen molar-refractivity contribution < 1.29 is 9.53 Å². The summed E-state index contributed by atoms with van der Waals surface area (Å²) in [6.07, 6.45) is 1.82. The lowest BCUT2D eigenvalue weighted by Gasteiger charge is -1.97. The Balaban J connectivity index is 2.04. The van der Waals surface area contributed by atoms with Gasteiger partial charge in [0.25, 0.3) is 0 Å². The minimum Gasteiger partial charge on any atom is -0.466 e. The molecule has 5 nitrogen and oxygen atoms in total. The summed E-state index contributed by atoms with van der Waals surface area (Å²) in [5, 5.41) is 0.800. The Labute approximate surface area is 115 Å². The molecule has 0 radical (unpaired) electrons. The first-order chi connectivity index (χ1) is 9.10. The van der Waals surface area contributed by atoms with E-state index in [2.05, 4.69) is 14.7 Å². The molecule has 0 saturated heterocycles. The number of anilines is 1. The minimum atomic E-state index is -0.307. The van der Waals surface area contributed by atoms with Crippen molar-refractivity contribution in [3.63, 3.8) is 0 Å². The van der Waals surface area contributed by atoms with Crippen LogP contribution in [0.1, 0.15) is 6.92 Å². The zero-order chi connectivity index (χ0) is 13.8. The van der Waals surface area contributed by atoms with E-state index in [1.165, 1.54) is 18.9 Å². The molecule has 3 N–H and O–H groups in total. The number of imidazole rings is 1. The summed E-state index contributed by atoms with van der Waals surface area (Å²) < 4.78 is 4.62. The van der Waals surface area contributed by atoms with Gasteiger partial charge in [-0.3, -0.25) is 0 Å². The fraction of sp³-hybridized carbons (Fsp3) is 0.231. The number of hydrogen-bond acceptors (Lipinski definition) is 5. The van der Waals surface area contributed by atoms with Crippen molar-refractivity contribution in [2.45, 2.75) is 12.1 Å². The summed E-state index contributed by atoms with van der Waals surface area (Å²) in [4.78, 5) is 18.8. The summed E-state index contributed by atoms with van der Waals surface area (Å²) in [5.74, 6) is 0.342. The summed E-state index contributed by atoms with van der Waals surface area (Å²) in [6.45, 7) is 1.73. The number of carbonyl (C=O) groups excluding carboxylic acids is 1. The molecule has 2 aromatic rings. The number of benzene rings is 1. The standard InChI is InChI=1S/C13H15N3O2S/c1-8(12(17)18-2)5-6-19-13-15-10-4-3-9(14)7-11(10)16-13/h3-5,7H,6,14H2,1-2H3,(H,15,16)/b8-5+. The third-order valence-electron chi connectivity index (χ3n) is 2.60. The largest absolute Gasteiger partial charge is 0.466 e. The number of hydrogen-bond donors (Lipinski definition) is 2. The topological polar surface area (TPSA) is 81.0 Å². The molecule has 0 bridgehead atoms. The number of carbonyl (C=O) groups is 1. The Bertz CT molecular complexity index is 634. The molecule has 0 atom stereocenters. The van der Waals surface area contributed by atoms with Crippen molar-refractivity contribution in [3.05, 3.63) is 29.8 Å². The maximum Gasteiger partial charge on any atom is 0.333 e. The number of nitrogen functional groups attached to an aromatic ring is 1. The van der Waals surface area contributed by atoms with E-state index in [-0.39, 0.29) is 5.97 Å². The molecule has 19 heavy (non-hydrogen) atoms. The van der Waals surface area contributed by atoms with Gasteiger partial charge in [-0.2, -0.15) is 0 Å². The Kier molecular flexibility index (Phi) is 4.11. The number of fused-ring (bicyclic) bond motifs is 1. The van der Waals surface area contributed by atoms with E-state index >= 15 is 0 Å². The maximum atomic E-state index is 11.2. The first kappa shape index (κ1) is 13.5. The van der Waals surface area contributed by atoms with Gasteiger partial charge in [0, 0.05) is 17.0 Å². The molecule has 0 fully saturated rings. The van der Waals surface area contributed by atoms with Crippen LogP contribution in [0.5, 0.6) is 0 Å². The molecular weight excluding hydrogens is 262 g/mol. The van der Waals surface area contributed by atoms with Gasteiger partial charge >= 0.3 is 5.97 Å². The van der Waals surface area contributed by atoms with Crippen LogP contribution in [-0.4, -0.2) is 28.8 Å². The van der Waals surface area contributed by atoms with Gasteiger partial charge in [0.05, 0.1) is 18.1 Å². The molecule has 0 aliphatic heterocycles. The fourth-order valence-electron chi connectivity index (χ4n) is 1.56. The van der Waals surface area contributed by atoms with Gasteiger partial charge in [0.1, 0.15) is 0 Å². The van der Waals surface area contributed by atoms with E-state index < -0.39 is 0 Å². The molecule has 0 unspecified atom stereocenters. The van der Waals surface area contributed by atoms with E-state index in [4.69, 9.17) is 5.73 Å². The van der Waals surface area contributed by atoms with E-state index in [1.54, 1.807) is 6.92 Å². The quantitative estimate of drug-likeness (QED) is 0.388. The lowest BCUT2D eigenvalue weighted by atomic mass is 10.3. The number of methoxy groups -OCH3 is 1. The Morgan fingerprint density at radius 2 is 2.37 bits per heavy atom. The highest BCUT2D eigenvalue weighted by atomic mass is 32.2. The van der Waals surface area contributed by atoms with Crippen LogP contribution in [-0.2, 0) is 9.53 Å². The van der Waals surface area contributed by atoms with Gasteiger partial charge in [0.15, 0.2) is 5.16 Å². The summed E-state index contributed by atoms with van der Waals surface area (Å²) in [5.41, 5.74) is 8.80. The van der Waals surface area contributed by atoms with Gasteiger partial charge in [0.2, 0.25) is 0 Å². The lowest BCUT2D eigenvalue weighted by Crippen LogP contribution is -2.01. The number of rotatable bonds is 4. The highest BCUT2D eigenvalue weighted by Gasteiger charge is 2.05. The van der Waals surface area contributed by atoms with Gasteiger partial charge in [-0.25, -0.2) is 9.78 Å². The Morgan fingerprint density at radius 3 is 3.11 bits per heavy atom. The van der Waals surface area contributed by atoms with Gasteiger partial charge in [-0.15, -0.1) is 0 Å². The smallest absolute Gasteiger partial charge is 0.333 e. The van der Waals surface area contributed by atoms with Crippen LogP contribution in [0.15, 0.2) is 35.0 Å². The molecular formula is C13H15N3O2S. The normalized spacial score (nSPS) is 11.8. The second-order valence-corrected chi connectivity index (χ2v) is 5.02. The minimum absolute atomic E-state index is 0.307. The third kappa shape index (κ3) is 3.29. The van der Waals surface area contributed by atoms with Crippen LogP contribution in [0.4, 0.5) is 5.69 Å². The molecule has 0 spiro atoms. The molecule has 0 aliphatic carbocycles. The van der Waals surface area contributed by atoms with Gasteiger partial charge in [-0.05, 0) is 25.1 Å².